The number of aryl methyl sites for hydroxylation is 1. The Kier molecular flexibility index (Phi) is 5.34. The summed E-state index contributed by atoms with van der Waals surface area (Å²) >= 11 is 0. The number of hydrogen-bond acceptors (Lipinski definition) is 2. The molecule has 1 atom stereocenters. The molecule has 2 aromatic carbocycles. The van der Waals surface area contributed by atoms with Gasteiger partial charge < -0.3 is 9.84 Å². The minimum absolute atomic E-state index is 0.188. The molecule has 2 nitrogen and oxygen atoms in total. The quantitative estimate of drug-likeness (QED) is 0.809. The molecule has 0 aromatic heterocycles. The molecule has 1 N–H and O–H groups in total. The van der Waals surface area contributed by atoms with Crippen molar-refractivity contribution in [3.63, 3.8) is 0 Å². The van der Waals surface area contributed by atoms with Gasteiger partial charge >= 0.3 is 0 Å². The summed E-state index contributed by atoms with van der Waals surface area (Å²) in [7, 11) is 0. The Bertz CT molecular complexity index is 576. The monoisotopic (exact) mass is 288 g/mol. The molecular formula is C18H21FO2. The standard InChI is InChI=1S/C18H21FO2/c1-3-4-6-14-9-11-15(12-10-14)21-17-8-5-7-16(19)18(17)13(2)20/h5,7-13,20H,3-4,6H2,1-2H3/t13-/m0/s1. The Balaban J connectivity index is 2.17. The number of aliphatic hydroxyl groups is 1. The molecule has 0 fully saturated rings. The molecule has 2 rings (SSSR count). The average Bonchev–Trinajstić information content (AvgIpc) is 2.46. The molecule has 0 spiro atoms. The molecule has 3 heteroatoms. The molecule has 2 aromatic rings. The topological polar surface area (TPSA) is 29.5 Å². The lowest BCUT2D eigenvalue weighted by Crippen LogP contribution is -1.99. The molecule has 0 unspecified atom stereocenters. The number of ether oxygens (including phenoxy) is 1. The Hall–Kier alpha value is -1.87. The van der Waals surface area contributed by atoms with E-state index >= 15 is 0 Å². The van der Waals surface area contributed by atoms with Crippen LogP contribution < -0.4 is 4.74 Å². The summed E-state index contributed by atoms with van der Waals surface area (Å²) in [5, 5.41) is 9.68. The van der Waals surface area contributed by atoms with Crippen molar-refractivity contribution in [2.75, 3.05) is 0 Å². The third-order valence-corrected chi connectivity index (χ3v) is 3.40. The molecule has 0 saturated carbocycles. The van der Waals surface area contributed by atoms with Gasteiger partial charge in [0.1, 0.15) is 17.3 Å². The van der Waals surface area contributed by atoms with Crippen LogP contribution in [-0.2, 0) is 6.42 Å². The normalized spacial score (nSPS) is 12.2. The van der Waals surface area contributed by atoms with Gasteiger partial charge in [0, 0.05) is 0 Å². The van der Waals surface area contributed by atoms with Crippen LogP contribution in [0, 0.1) is 5.82 Å². The van der Waals surface area contributed by atoms with E-state index in [0.29, 0.717) is 11.5 Å². The van der Waals surface area contributed by atoms with Crippen LogP contribution in [0.5, 0.6) is 11.5 Å². The zero-order valence-corrected chi connectivity index (χ0v) is 12.5. The third-order valence-electron chi connectivity index (χ3n) is 3.40. The van der Waals surface area contributed by atoms with E-state index in [1.165, 1.54) is 25.0 Å². The molecule has 0 amide bonds. The maximum absolute atomic E-state index is 13.8. The number of rotatable bonds is 6. The lowest BCUT2D eigenvalue weighted by Gasteiger charge is -2.14. The van der Waals surface area contributed by atoms with Crippen LogP contribution >= 0.6 is 0 Å². The van der Waals surface area contributed by atoms with Gasteiger partial charge in [-0.3, -0.25) is 0 Å². The summed E-state index contributed by atoms with van der Waals surface area (Å²) in [5.41, 5.74) is 1.45. The van der Waals surface area contributed by atoms with Gasteiger partial charge in [0.2, 0.25) is 0 Å². The van der Waals surface area contributed by atoms with E-state index in [4.69, 9.17) is 4.74 Å². The van der Waals surface area contributed by atoms with Crippen molar-refractivity contribution >= 4 is 0 Å². The zero-order valence-electron chi connectivity index (χ0n) is 12.5. The van der Waals surface area contributed by atoms with Crippen LogP contribution in [-0.4, -0.2) is 5.11 Å². The first-order chi connectivity index (χ1) is 10.1. The molecule has 0 bridgehead atoms. The van der Waals surface area contributed by atoms with Crippen LogP contribution in [0.1, 0.15) is 43.9 Å². The van der Waals surface area contributed by atoms with E-state index < -0.39 is 11.9 Å². The van der Waals surface area contributed by atoms with Crippen molar-refractivity contribution < 1.29 is 14.2 Å². The predicted molar refractivity (Wildman–Crippen MR) is 82.2 cm³/mol. The van der Waals surface area contributed by atoms with Gasteiger partial charge in [-0.05, 0) is 49.6 Å². The molecule has 21 heavy (non-hydrogen) atoms. The van der Waals surface area contributed by atoms with Crippen molar-refractivity contribution in [1.82, 2.24) is 0 Å². The number of hydrogen-bond donors (Lipinski definition) is 1. The van der Waals surface area contributed by atoms with E-state index in [9.17, 15) is 9.50 Å². The van der Waals surface area contributed by atoms with E-state index in [0.717, 1.165) is 12.8 Å². The van der Waals surface area contributed by atoms with Crippen molar-refractivity contribution in [3.05, 3.63) is 59.4 Å². The number of benzene rings is 2. The first-order valence-electron chi connectivity index (χ1n) is 7.35. The third kappa shape index (κ3) is 4.05. The first-order valence-corrected chi connectivity index (χ1v) is 7.35. The molecule has 0 saturated heterocycles. The number of halogens is 1. The zero-order chi connectivity index (χ0) is 15.2. The Morgan fingerprint density at radius 1 is 1.14 bits per heavy atom. The average molecular weight is 288 g/mol. The SMILES string of the molecule is CCCCc1ccc(Oc2cccc(F)c2[C@H](C)O)cc1. The van der Waals surface area contributed by atoms with E-state index in [-0.39, 0.29) is 5.56 Å². The van der Waals surface area contributed by atoms with Gasteiger partial charge in [-0.25, -0.2) is 4.39 Å². The number of aliphatic hydroxyl groups excluding tert-OH is 1. The van der Waals surface area contributed by atoms with Crippen molar-refractivity contribution in [2.45, 2.75) is 39.2 Å². The minimum atomic E-state index is -0.912. The Morgan fingerprint density at radius 3 is 2.48 bits per heavy atom. The maximum Gasteiger partial charge on any atom is 0.136 e. The van der Waals surface area contributed by atoms with Gasteiger partial charge in [-0.1, -0.05) is 31.5 Å². The molecule has 112 valence electrons. The second kappa shape index (κ2) is 7.23. The van der Waals surface area contributed by atoms with Crippen LogP contribution in [0.4, 0.5) is 4.39 Å². The molecule has 0 heterocycles. The lowest BCUT2D eigenvalue weighted by atomic mass is 10.1. The van der Waals surface area contributed by atoms with Gasteiger partial charge in [0.05, 0.1) is 11.7 Å². The maximum atomic E-state index is 13.8. The van der Waals surface area contributed by atoms with Crippen molar-refractivity contribution in [3.8, 4) is 11.5 Å². The smallest absolute Gasteiger partial charge is 0.136 e. The van der Waals surface area contributed by atoms with Crippen LogP contribution in [0.15, 0.2) is 42.5 Å². The summed E-state index contributed by atoms with van der Waals surface area (Å²) in [6, 6.07) is 12.4. The Labute approximate surface area is 125 Å². The summed E-state index contributed by atoms with van der Waals surface area (Å²) in [5.74, 6) is 0.538. The van der Waals surface area contributed by atoms with Gasteiger partial charge in [0.15, 0.2) is 0 Å². The summed E-state index contributed by atoms with van der Waals surface area (Å²) < 4.78 is 19.5. The van der Waals surface area contributed by atoms with Crippen LogP contribution in [0.2, 0.25) is 0 Å². The predicted octanol–water partition coefficient (Wildman–Crippen LogP) is 5.01. The van der Waals surface area contributed by atoms with E-state index in [1.807, 2.05) is 24.3 Å². The van der Waals surface area contributed by atoms with Gasteiger partial charge in [0.25, 0.3) is 0 Å². The van der Waals surface area contributed by atoms with Crippen molar-refractivity contribution in [2.24, 2.45) is 0 Å². The highest BCUT2D eigenvalue weighted by molar-refractivity contribution is 5.40. The largest absolute Gasteiger partial charge is 0.457 e. The highest BCUT2D eigenvalue weighted by Gasteiger charge is 2.15. The Morgan fingerprint density at radius 2 is 1.86 bits per heavy atom. The highest BCUT2D eigenvalue weighted by Crippen LogP contribution is 2.31. The fraction of sp³-hybridized carbons (Fsp3) is 0.333. The highest BCUT2D eigenvalue weighted by atomic mass is 19.1. The van der Waals surface area contributed by atoms with Gasteiger partial charge in [-0.2, -0.15) is 0 Å². The first kappa shape index (κ1) is 15.5. The molecule has 0 aliphatic carbocycles. The molecule has 0 radical (unpaired) electrons. The second-order valence-corrected chi connectivity index (χ2v) is 5.18. The fourth-order valence-corrected chi connectivity index (χ4v) is 2.24. The number of unbranched alkanes of at least 4 members (excludes halogenated alkanes) is 1. The summed E-state index contributed by atoms with van der Waals surface area (Å²) in [6.07, 6.45) is 2.47. The lowest BCUT2D eigenvalue weighted by molar-refractivity contribution is 0.190. The van der Waals surface area contributed by atoms with Crippen LogP contribution in [0.3, 0.4) is 0 Å². The molecular weight excluding hydrogens is 267 g/mol. The van der Waals surface area contributed by atoms with E-state index in [2.05, 4.69) is 6.92 Å². The molecule has 0 aliphatic heterocycles. The summed E-state index contributed by atoms with van der Waals surface area (Å²) in [4.78, 5) is 0. The second-order valence-electron chi connectivity index (χ2n) is 5.18. The van der Waals surface area contributed by atoms with Crippen LogP contribution in [0.25, 0.3) is 0 Å². The fourth-order valence-electron chi connectivity index (χ4n) is 2.24. The van der Waals surface area contributed by atoms with E-state index in [1.54, 1.807) is 12.1 Å². The summed E-state index contributed by atoms with van der Waals surface area (Å²) in [6.45, 7) is 3.69. The van der Waals surface area contributed by atoms with Gasteiger partial charge in [-0.15, -0.1) is 0 Å². The minimum Gasteiger partial charge on any atom is -0.457 e. The molecule has 0 aliphatic rings. The van der Waals surface area contributed by atoms with Crippen molar-refractivity contribution in [1.29, 1.82) is 0 Å².